The summed E-state index contributed by atoms with van der Waals surface area (Å²) in [5, 5.41) is 11.1. The molecule has 3 rings (SSSR count). The van der Waals surface area contributed by atoms with Gasteiger partial charge in [0.2, 0.25) is 15.9 Å². The van der Waals surface area contributed by atoms with E-state index < -0.39 is 14.9 Å². The SMILES string of the molecule is COc1ccc(-c2nc(CCNS(=O)(=O)c3cc([N+](=O)[O-])cc(C)c3C)co2)cc1. The van der Waals surface area contributed by atoms with Crippen LogP contribution in [0.15, 0.2) is 52.0 Å². The lowest BCUT2D eigenvalue weighted by Crippen LogP contribution is -2.27. The number of nitrogens with zero attached hydrogens (tertiary/aromatic N) is 2. The lowest BCUT2D eigenvalue weighted by molar-refractivity contribution is -0.385. The van der Waals surface area contributed by atoms with Crippen molar-refractivity contribution in [2.75, 3.05) is 13.7 Å². The van der Waals surface area contributed by atoms with Crippen LogP contribution >= 0.6 is 0 Å². The zero-order chi connectivity index (χ0) is 21.9. The van der Waals surface area contributed by atoms with Crippen LogP contribution in [0.3, 0.4) is 0 Å². The molecular weight excluding hydrogens is 410 g/mol. The van der Waals surface area contributed by atoms with Gasteiger partial charge >= 0.3 is 0 Å². The van der Waals surface area contributed by atoms with Crippen LogP contribution < -0.4 is 9.46 Å². The van der Waals surface area contributed by atoms with Crippen molar-refractivity contribution < 1.29 is 22.5 Å². The number of oxazole rings is 1. The third-order valence-electron chi connectivity index (χ3n) is 4.67. The Morgan fingerprint density at radius 3 is 2.53 bits per heavy atom. The summed E-state index contributed by atoms with van der Waals surface area (Å²) in [6.07, 6.45) is 1.77. The first-order valence-corrected chi connectivity index (χ1v) is 10.5. The Morgan fingerprint density at radius 2 is 1.90 bits per heavy atom. The maximum Gasteiger partial charge on any atom is 0.271 e. The molecule has 0 aliphatic heterocycles. The van der Waals surface area contributed by atoms with E-state index in [9.17, 15) is 18.5 Å². The van der Waals surface area contributed by atoms with Gasteiger partial charge in [0.05, 0.1) is 22.6 Å². The standard InChI is InChI=1S/C20H21N3O6S/c1-13-10-17(23(24)25)11-19(14(13)2)30(26,27)21-9-8-16-12-29-20(22-16)15-4-6-18(28-3)7-5-15/h4-7,10-12,21H,8-9H2,1-3H3. The first-order valence-electron chi connectivity index (χ1n) is 9.05. The van der Waals surface area contributed by atoms with E-state index in [2.05, 4.69) is 9.71 Å². The van der Waals surface area contributed by atoms with Gasteiger partial charge in [0.25, 0.3) is 5.69 Å². The van der Waals surface area contributed by atoms with Gasteiger partial charge in [-0.3, -0.25) is 10.1 Å². The van der Waals surface area contributed by atoms with E-state index in [1.54, 1.807) is 33.1 Å². The Morgan fingerprint density at radius 1 is 1.20 bits per heavy atom. The summed E-state index contributed by atoms with van der Waals surface area (Å²) in [7, 11) is -2.34. The third-order valence-corrected chi connectivity index (χ3v) is 6.25. The number of aromatic nitrogens is 1. The first-order chi connectivity index (χ1) is 14.2. The van der Waals surface area contributed by atoms with Crippen molar-refractivity contribution >= 4 is 15.7 Å². The molecule has 2 aromatic carbocycles. The summed E-state index contributed by atoms with van der Waals surface area (Å²) in [5.41, 5.74) is 2.08. The number of hydrogen-bond acceptors (Lipinski definition) is 7. The average molecular weight is 431 g/mol. The number of methoxy groups -OCH3 is 1. The van der Waals surface area contributed by atoms with Gasteiger partial charge in [0.1, 0.15) is 12.0 Å². The number of hydrogen-bond donors (Lipinski definition) is 1. The highest BCUT2D eigenvalue weighted by Crippen LogP contribution is 2.25. The zero-order valence-corrected chi connectivity index (χ0v) is 17.5. The third kappa shape index (κ3) is 4.66. The van der Waals surface area contributed by atoms with Crippen molar-refractivity contribution in [2.24, 2.45) is 0 Å². The number of benzene rings is 2. The van der Waals surface area contributed by atoms with Crippen LogP contribution in [0.1, 0.15) is 16.8 Å². The van der Waals surface area contributed by atoms with Crippen molar-refractivity contribution in [2.45, 2.75) is 25.2 Å². The Balaban J connectivity index is 1.69. The highest BCUT2D eigenvalue weighted by atomic mass is 32.2. The minimum Gasteiger partial charge on any atom is -0.497 e. The van der Waals surface area contributed by atoms with Crippen LogP contribution in [0.5, 0.6) is 5.75 Å². The van der Waals surface area contributed by atoms with Gasteiger partial charge in [-0.15, -0.1) is 0 Å². The fourth-order valence-corrected chi connectivity index (χ4v) is 4.24. The van der Waals surface area contributed by atoms with E-state index in [1.807, 2.05) is 12.1 Å². The van der Waals surface area contributed by atoms with Crippen LogP contribution in [0.25, 0.3) is 11.5 Å². The number of nitrogens with one attached hydrogen (secondary N) is 1. The van der Waals surface area contributed by atoms with Gasteiger partial charge in [0.15, 0.2) is 0 Å². The molecule has 0 saturated heterocycles. The van der Waals surface area contributed by atoms with E-state index >= 15 is 0 Å². The van der Waals surface area contributed by atoms with Gasteiger partial charge < -0.3 is 9.15 Å². The molecule has 1 aromatic heterocycles. The normalized spacial score (nSPS) is 11.4. The lowest BCUT2D eigenvalue weighted by Gasteiger charge is -2.10. The second-order valence-electron chi connectivity index (χ2n) is 6.66. The maximum absolute atomic E-state index is 12.7. The van der Waals surface area contributed by atoms with Crippen molar-refractivity contribution in [3.8, 4) is 17.2 Å². The molecule has 0 saturated carbocycles. The van der Waals surface area contributed by atoms with Crippen molar-refractivity contribution in [1.29, 1.82) is 0 Å². The van der Waals surface area contributed by atoms with Gasteiger partial charge in [-0.1, -0.05) is 0 Å². The molecule has 10 heteroatoms. The molecule has 0 bridgehead atoms. The van der Waals surface area contributed by atoms with Crippen molar-refractivity contribution in [3.05, 3.63) is 69.6 Å². The molecule has 1 N–H and O–H groups in total. The maximum atomic E-state index is 12.7. The molecule has 0 spiro atoms. The van der Waals surface area contributed by atoms with Gasteiger partial charge in [-0.25, -0.2) is 18.1 Å². The van der Waals surface area contributed by atoms with Crippen LogP contribution in [-0.2, 0) is 16.4 Å². The second kappa shape index (κ2) is 8.64. The summed E-state index contributed by atoms with van der Waals surface area (Å²) in [6, 6.07) is 9.62. The van der Waals surface area contributed by atoms with Gasteiger partial charge in [-0.2, -0.15) is 0 Å². The smallest absolute Gasteiger partial charge is 0.271 e. The number of nitro groups is 1. The Hall–Kier alpha value is -3.24. The van der Waals surface area contributed by atoms with Crippen molar-refractivity contribution in [1.82, 2.24) is 9.71 Å². The van der Waals surface area contributed by atoms with Crippen LogP contribution in [0, 0.1) is 24.0 Å². The number of sulfonamides is 1. The van der Waals surface area contributed by atoms with Crippen LogP contribution in [0.2, 0.25) is 0 Å². The van der Waals surface area contributed by atoms with Gasteiger partial charge in [-0.05, 0) is 49.2 Å². The highest BCUT2D eigenvalue weighted by molar-refractivity contribution is 7.89. The number of ether oxygens (including phenoxy) is 1. The molecular formula is C20H21N3O6S. The lowest BCUT2D eigenvalue weighted by atomic mass is 10.1. The molecule has 0 aliphatic carbocycles. The second-order valence-corrected chi connectivity index (χ2v) is 8.40. The van der Waals surface area contributed by atoms with E-state index in [-0.39, 0.29) is 17.1 Å². The molecule has 0 fully saturated rings. The number of rotatable bonds is 8. The summed E-state index contributed by atoms with van der Waals surface area (Å²) in [4.78, 5) is 14.7. The predicted molar refractivity (Wildman–Crippen MR) is 110 cm³/mol. The molecule has 0 aliphatic rings. The summed E-state index contributed by atoms with van der Waals surface area (Å²) >= 11 is 0. The minimum absolute atomic E-state index is 0.0676. The molecule has 0 amide bonds. The molecule has 3 aromatic rings. The van der Waals surface area contributed by atoms with E-state index in [0.717, 1.165) is 11.6 Å². The summed E-state index contributed by atoms with van der Waals surface area (Å²) in [5.74, 6) is 1.13. The number of nitro benzene ring substituents is 1. The van der Waals surface area contributed by atoms with E-state index in [4.69, 9.17) is 9.15 Å². The Bertz CT molecular complexity index is 1170. The Labute approximate surface area is 173 Å². The van der Waals surface area contributed by atoms with E-state index in [0.29, 0.717) is 34.9 Å². The van der Waals surface area contributed by atoms with Crippen LogP contribution in [0.4, 0.5) is 5.69 Å². The first kappa shape index (κ1) is 21.5. The molecule has 158 valence electrons. The van der Waals surface area contributed by atoms with Gasteiger partial charge in [0, 0.05) is 30.7 Å². The largest absolute Gasteiger partial charge is 0.497 e. The number of non-ortho nitro benzene ring substituents is 1. The molecule has 9 nitrogen and oxygen atoms in total. The highest BCUT2D eigenvalue weighted by Gasteiger charge is 2.22. The quantitative estimate of drug-likeness (QED) is 0.428. The summed E-state index contributed by atoms with van der Waals surface area (Å²) < 4.78 is 38.4. The van der Waals surface area contributed by atoms with E-state index in [1.165, 1.54) is 12.3 Å². The minimum atomic E-state index is -3.92. The fourth-order valence-electron chi connectivity index (χ4n) is 2.87. The molecule has 0 unspecified atom stereocenters. The predicted octanol–water partition coefficient (Wildman–Crippen LogP) is 3.40. The monoisotopic (exact) mass is 431 g/mol. The van der Waals surface area contributed by atoms with Crippen LogP contribution in [-0.4, -0.2) is 32.0 Å². The Kier molecular flexibility index (Phi) is 6.18. The topological polar surface area (TPSA) is 125 Å². The zero-order valence-electron chi connectivity index (χ0n) is 16.7. The van der Waals surface area contributed by atoms with Crippen molar-refractivity contribution in [3.63, 3.8) is 0 Å². The molecule has 0 radical (unpaired) electrons. The number of aryl methyl sites for hydroxylation is 1. The molecule has 0 atom stereocenters. The average Bonchev–Trinajstić information content (AvgIpc) is 3.18. The molecule has 30 heavy (non-hydrogen) atoms. The summed E-state index contributed by atoms with van der Waals surface area (Å²) in [6.45, 7) is 3.32. The molecule has 1 heterocycles. The fraction of sp³-hybridized carbons (Fsp3) is 0.250.